The second-order valence-corrected chi connectivity index (χ2v) is 11.0. The fourth-order valence-corrected chi connectivity index (χ4v) is 6.49. The summed E-state index contributed by atoms with van der Waals surface area (Å²) in [6.45, 7) is 8.62. The standard InChI is InChI=1S/C27H28N2O4/c1-26(2)11-17-12-27(3,14-26)15-29(17)13-19-21(30)9-8-16-10-18(25(31)33-23(16)19)24-28-20-6-4-5-7-22(20)32-24/h4-10,17,30H,11-15H2,1-3H3/t17-,27+/m1/s1. The highest BCUT2D eigenvalue weighted by Crippen LogP contribution is 2.53. The van der Waals surface area contributed by atoms with Gasteiger partial charge in [0, 0.05) is 24.5 Å². The number of phenolic OH excluding ortho intramolecular Hbond substituents is 1. The number of hydrogen-bond acceptors (Lipinski definition) is 6. The fourth-order valence-electron chi connectivity index (χ4n) is 6.49. The number of hydrogen-bond donors (Lipinski definition) is 1. The van der Waals surface area contributed by atoms with E-state index in [1.54, 1.807) is 18.2 Å². The topological polar surface area (TPSA) is 79.7 Å². The zero-order valence-corrected chi connectivity index (χ0v) is 19.2. The highest BCUT2D eigenvalue weighted by molar-refractivity contribution is 5.85. The van der Waals surface area contributed by atoms with Crippen LogP contribution in [-0.2, 0) is 6.54 Å². The Bertz CT molecular complexity index is 1420. The molecule has 1 saturated heterocycles. The Labute approximate surface area is 191 Å². The quantitative estimate of drug-likeness (QED) is 0.408. The van der Waals surface area contributed by atoms with Crippen LogP contribution in [-0.4, -0.2) is 27.6 Å². The number of rotatable bonds is 3. The minimum atomic E-state index is -0.519. The second kappa shape index (κ2) is 6.94. The molecule has 33 heavy (non-hydrogen) atoms. The molecule has 0 radical (unpaired) electrons. The molecule has 2 aliphatic rings. The lowest BCUT2D eigenvalue weighted by atomic mass is 9.65. The molecule has 0 unspecified atom stereocenters. The van der Waals surface area contributed by atoms with E-state index in [1.165, 1.54) is 12.8 Å². The first kappa shape index (κ1) is 20.5. The lowest BCUT2D eigenvalue weighted by Crippen LogP contribution is -2.34. The molecule has 170 valence electrons. The van der Waals surface area contributed by atoms with Gasteiger partial charge < -0.3 is 13.9 Å². The molecule has 1 saturated carbocycles. The molecule has 2 bridgehead atoms. The van der Waals surface area contributed by atoms with Crippen molar-refractivity contribution < 1.29 is 13.9 Å². The van der Waals surface area contributed by atoms with E-state index in [4.69, 9.17) is 8.83 Å². The Morgan fingerprint density at radius 2 is 1.94 bits per heavy atom. The van der Waals surface area contributed by atoms with Crippen LogP contribution in [0.5, 0.6) is 5.75 Å². The van der Waals surface area contributed by atoms with Crippen molar-refractivity contribution in [3.8, 4) is 17.2 Å². The molecule has 4 aromatic rings. The maximum absolute atomic E-state index is 13.0. The van der Waals surface area contributed by atoms with Crippen molar-refractivity contribution in [2.24, 2.45) is 10.8 Å². The van der Waals surface area contributed by atoms with E-state index < -0.39 is 5.63 Å². The molecule has 6 heteroatoms. The third-order valence-corrected chi connectivity index (χ3v) is 7.39. The summed E-state index contributed by atoms with van der Waals surface area (Å²) in [5.74, 6) is 0.399. The van der Waals surface area contributed by atoms with Gasteiger partial charge >= 0.3 is 5.63 Å². The molecular formula is C27H28N2O4. The van der Waals surface area contributed by atoms with Crippen LogP contribution in [0.3, 0.4) is 0 Å². The van der Waals surface area contributed by atoms with Crippen LogP contribution in [0.25, 0.3) is 33.5 Å². The van der Waals surface area contributed by atoms with E-state index in [1.807, 2.05) is 24.3 Å². The Balaban J connectivity index is 1.40. The van der Waals surface area contributed by atoms with Crippen molar-refractivity contribution in [2.45, 2.75) is 52.6 Å². The summed E-state index contributed by atoms with van der Waals surface area (Å²) in [5.41, 5.74) is 2.77. The van der Waals surface area contributed by atoms with E-state index in [-0.39, 0.29) is 22.6 Å². The highest BCUT2D eigenvalue weighted by atomic mass is 16.4. The molecule has 2 fully saturated rings. The number of fused-ring (bicyclic) bond motifs is 4. The predicted molar refractivity (Wildman–Crippen MR) is 127 cm³/mol. The maximum Gasteiger partial charge on any atom is 0.349 e. The monoisotopic (exact) mass is 444 g/mol. The van der Waals surface area contributed by atoms with Crippen LogP contribution in [0.4, 0.5) is 0 Å². The van der Waals surface area contributed by atoms with E-state index in [9.17, 15) is 9.90 Å². The minimum Gasteiger partial charge on any atom is -0.507 e. The first-order valence-corrected chi connectivity index (χ1v) is 11.6. The SMILES string of the molecule is CC1(C)C[C@@H]2C[C@](C)(CN2Cc2c(O)ccc3cc(-c4nc5ccccc5o4)c(=O)oc23)C1. The molecule has 6 nitrogen and oxygen atoms in total. The number of aromatic hydroxyl groups is 1. The molecule has 3 heterocycles. The molecule has 6 rings (SSSR count). The van der Waals surface area contributed by atoms with Crippen LogP contribution >= 0.6 is 0 Å². The summed E-state index contributed by atoms with van der Waals surface area (Å²) in [4.78, 5) is 19.9. The molecule has 1 aliphatic carbocycles. The molecule has 2 aromatic heterocycles. The van der Waals surface area contributed by atoms with Crippen LogP contribution in [0.2, 0.25) is 0 Å². The zero-order chi connectivity index (χ0) is 23.0. The Hall–Kier alpha value is -3.12. The van der Waals surface area contributed by atoms with Gasteiger partial charge in [0.25, 0.3) is 0 Å². The Kier molecular flexibility index (Phi) is 4.31. The van der Waals surface area contributed by atoms with E-state index in [0.29, 0.717) is 40.2 Å². The molecule has 0 spiro atoms. The van der Waals surface area contributed by atoms with Gasteiger partial charge in [0.15, 0.2) is 5.58 Å². The average molecular weight is 445 g/mol. The van der Waals surface area contributed by atoms with E-state index in [0.717, 1.165) is 18.4 Å². The molecule has 1 aliphatic heterocycles. The zero-order valence-electron chi connectivity index (χ0n) is 19.2. The lowest BCUT2D eigenvalue weighted by Gasteiger charge is -2.40. The summed E-state index contributed by atoms with van der Waals surface area (Å²) >= 11 is 0. The van der Waals surface area contributed by atoms with Gasteiger partial charge in [-0.25, -0.2) is 9.78 Å². The van der Waals surface area contributed by atoms with Gasteiger partial charge in [0.2, 0.25) is 5.89 Å². The van der Waals surface area contributed by atoms with Crippen molar-refractivity contribution >= 4 is 22.1 Å². The van der Waals surface area contributed by atoms with Gasteiger partial charge in [-0.2, -0.15) is 0 Å². The van der Waals surface area contributed by atoms with E-state index >= 15 is 0 Å². The Morgan fingerprint density at radius 1 is 1.12 bits per heavy atom. The molecule has 0 amide bonds. The van der Waals surface area contributed by atoms with Crippen molar-refractivity contribution in [1.82, 2.24) is 9.88 Å². The summed E-state index contributed by atoms with van der Waals surface area (Å²) in [5, 5.41) is 11.5. The number of oxazole rings is 1. The minimum absolute atomic E-state index is 0.158. The number of likely N-dealkylation sites (tertiary alicyclic amines) is 1. The summed E-state index contributed by atoms with van der Waals surface area (Å²) in [6, 6.07) is 13.1. The summed E-state index contributed by atoms with van der Waals surface area (Å²) in [7, 11) is 0. The van der Waals surface area contributed by atoms with Gasteiger partial charge in [-0.15, -0.1) is 0 Å². The van der Waals surface area contributed by atoms with Crippen molar-refractivity contribution in [3.05, 3.63) is 58.4 Å². The number of aromatic nitrogens is 1. The van der Waals surface area contributed by atoms with E-state index in [2.05, 4.69) is 30.7 Å². The van der Waals surface area contributed by atoms with Crippen molar-refractivity contribution in [1.29, 1.82) is 0 Å². The first-order chi connectivity index (χ1) is 15.7. The summed E-state index contributed by atoms with van der Waals surface area (Å²) < 4.78 is 11.6. The number of benzene rings is 2. The fraction of sp³-hybridized carbons (Fsp3) is 0.407. The molecule has 2 aromatic carbocycles. The van der Waals surface area contributed by atoms with Gasteiger partial charge in [0.1, 0.15) is 22.4 Å². The maximum atomic E-state index is 13.0. The third-order valence-electron chi connectivity index (χ3n) is 7.39. The first-order valence-electron chi connectivity index (χ1n) is 11.6. The Morgan fingerprint density at radius 3 is 2.76 bits per heavy atom. The van der Waals surface area contributed by atoms with Gasteiger partial charge in [-0.3, -0.25) is 4.90 Å². The average Bonchev–Trinajstić information content (AvgIpc) is 3.27. The van der Waals surface area contributed by atoms with Crippen LogP contribution in [0.15, 0.2) is 56.1 Å². The molecule has 2 atom stereocenters. The van der Waals surface area contributed by atoms with Gasteiger partial charge in [-0.1, -0.05) is 32.9 Å². The normalized spacial score (nSPS) is 24.6. The number of phenols is 1. The van der Waals surface area contributed by atoms with Crippen molar-refractivity contribution in [2.75, 3.05) is 6.54 Å². The van der Waals surface area contributed by atoms with Crippen LogP contribution < -0.4 is 5.63 Å². The van der Waals surface area contributed by atoms with Gasteiger partial charge in [0.05, 0.1) is 5.56 Å². The van der Waals surface area contributed by atoms with Crippen molar-refractivity contribution in [3.63, 3.8) is 0 Å². The van der Waals surface area contributed by atoms with Crippen LogP contribution in [0.1, 0.15) is 45.6 Å². The highest BCUT2D eigenvalue weighted by Gasteiger charge is 2.49. The predicted octanol–water partition coefficient (Wildman–Crippen LogP) is 5.71. The number of nitrogens with zero attached hydrogens (tertiary/aromatic N) is 2. The molecular weight excluding hydrogens is 416 g/mol. The largest absolute Gasteiger partial charge is 0.507 e. The second-order valence-electron chi connectivity index (χ2n) is 11.0. The van der Waals surface area contributed by atoms with Crippen LogP contribution in [0, 0.1) is 10.8 Å². The smallest absolute Gasteiger partial charge is 0.349 e. The third kappa shape index (κ3) is 3.44. The number of para-hydroxylation sites is 2. The summed E-state index contributed by atoms with van der Waals surface area (Å²) in [6.07, 6.45) is 3.52. The lowest BCUT2D eigenvalue weighted by molar-refractivity contribution is 0.126. The van der Waals surface area contributed by atoms with Gasteiger partial charge in [-0.05, 0) is 60.4 Å². The molecule has 1 N–H and O–H groups in total.